The Labute approximate surface area is 96.3 Å². The van der Waals surface area contributed by atoms with Crippen molar-refractivity contribution in [3.63, 3.8) is 0 Å². The summed E-state index contributed by atoms with van der Waals surface area (Å²) in [6.07, 6.45) is 5.64. The van der Waals surface area contributed by atoms with Crippen LogP contribution >= 0.6 is 0 Å². The highest BCUT2D eigenvalue weighted by Gasteiger charge is 2.24. The van der Waals surface area contributed by atoms with Crippen LogP contribution in [0.25, 0.3) is 0 Å². The molecule has 0 radical (unpaired) electrons. The predicted octanol–water partition coefficient (Wildman–Crippen LogP) is 1.38. The number of aliphatic hydroxyl groups excluding tert-OH is 1. The number of aryl methyl sites for hydroxylation is 1. The van der Waals surface area contributed by atoms with E-state index < -0.39 is 0 Å². The van der Waals surface area contributed by atoms with E-state index >= 15 is 0 Å². The molecular weight excluding hydrogens is 202 g/mol. The standard InChI is InChI=1S/C12H19N3O/c1-9-6-13-12(14-7-9)15-5-3-4-11(8-15)10(2)16/h6-7,10-11,16H,3-5,8H2,1-2H3. The summed E-state index contributed by atoms with van der Waals surface area (Å²) in [5.41, 5.74) is 1.08. The fraction of sp³-hybridized carbons (Fsp3) is 0.667. The van der Waals surface area contributed by atoms with Crippen molar-refractivity contribution in [3.05, 3.63) is 18.0 Å². The highest BCUT2D eigenvalue weighted by molar-refractivity contribution is 5.30. The Hall–Kier alpha value is -1.16. The van der Waals surface area contributed by atoms with Gasteiger partial charge in [-0.3, -0.25) is 0 Å². The highest BCUT2D eigenvalue weighted by atomic mass is 16.3. The molecule has 4 nitrogen and oxygen atoms in total. The van der Waals surface area contributed by atoms with E-state index in [1.165, 1.54) is 0 Å². The molecule has 1 fully saturated rings. The lowest BCUT2D eigenvalue weighted by Gasteiger charge is -2.34. The average molecular weight is 221 g/mol. The molecule has 1 N–H and O–H groups in total. The molecule has 1 aromatic heterocycles. The van der Waals surface area contributed by atoms with Gasteiger partial charge in [0.2, 0.25) is 5.95 Å². The lowest BCUT2D eigenvalue weighted by Crippen LogP contribution is -2.40. The maximum Gasteiger partial charge on any atom is 0.225 e. The number of hydrogen-bond donors (Lipinski definition) is 1. The smallest absolute Gasteiger partial charge is 0.225 e. The number of rotatable bonds is 2. The third-order valence-corrected chi connectivity index (χ3v) is 3.19. The van der Waals surface area contributed by atoms with Crippen LogP contribution in [0, 0.1) is 12.8 Å². The minimum absolute atomic E-state index is 0.242. The minimum atomic E-state index is -0.242. The maximum atomic E-state index is 9.62. The summed E-state index contributed by atoms with van der Waals surface area (Å²) in [7, 11) is 0. The summed E-state index contributed by atoms with van der Waals surface area (Å²) >= 11 is 0. The summed E-state index contributed by atoms with van der Waals surface area (Å²) in [5, 5.41) is 9.62. The number of aromatic nitrogens is 2. The molecule has 2 rings (SSSR count). The zero-order chi connectivity index (χ0) is 11.5. The average Bonchev–Trinajstić information content (AvgIpc) is 2.30. The molecule has 1 aromatic rings. The molecule has 0 saturated carbocycles. The predicted molar refractivity (Wildman–Crippen MR) is 63.4 cm³/mol. The van der Waals surface area contributed by atoms with E-state index in [0.29, 0.717) is 5.92 Å². The second-order valence-corrected chi connectivity index (χ2v) is 4.65. The fourth-order valence-corrected chi connectivity index (χ4v) is 2.13. The molecular formula is C12H19N3O. The van der Waals surface area contributed by atoms with Crippen LogP contribution in [-0.2, 0) is 0 Å². The summed E-state index contributed by atoms with van der Waals surface area (Å²) in [6, 6.07) is 0. The summed E-state index contributed by atoms with van der Waals surface area (Å²) in [4.78, 5) is 10.8. The third kappa shape index (κ3) is 2.50. The zero-order valence-corrected chi connectivity index (χ0v) is 9.93. The topological polar surface area (TPSA) is 49.2 Å². The molecule has 0 amide bonds. The normalized spacial score (nSPS) is 23.2. The summed E-state index contributed by atoms with van der Waals surface area (Å²) in [6.45, 7) is 5.70. The van der Waals surface area contributed by atoms with Crippen molar-refractivity contribution in [3.8, 4) is 0 Å². The monoisotopic (exact) mass is 221 g/mol. The second-order valence-electron chi connectivity index (χ2n) is 4.65. The van der Waals surface area contributed by atoms with Gasteiger partial charge in [-0.1, -0.05) is 0 Å². The van der Waals surface area contributed by atoms with E-state index in [4.69, 9.17) is 0 Å². The Morgan fingerprint density at radius 3 is 2.75 bits per heavy atom. The first-order valence-corrected chi connectivity index (χ1v) is 5.88. The third-order valence-electron chi connectivity index (χ3n) is 3.19. The van der Waals surface area contributed by atoms with Gasteiger partial charge in [-0.05, 0) is 32.3 Å². The van der Waals surface area contributed by atoms with Crippen molar-refractivity contribution in [1.82, 2.24) is 9.97 Å². The van der Waals surface area contributed by atoms with Gasteiger partial charge in [0.25, 0.3) is 0 Å². The molecule has 0 aliphatic carbocycles. The van der Waals surface area contributed by atoms with E-state index in [1.807, 2.05) is 26.2 Å². The van der Waals surface area contributed by atoms with Gasteiger partial charge in [0.15, 0.2) is 0 Å². The van der Waals surface area contributed by atoms with Crippen LogP contribution in [0.4, 0.5) is 5.95 Å². The molecule has 2 atom stereocenters. The molecule has 1 saturated heterocycles. The van der Waals surface area contributed by atoms with Gasteiger partial charge in [-0.2, -0.15) is 0 Å². The van der Waals surface area contributed by atoms with Crippen LogP contribution in [-0.4, -0.2) is 34.3 Å². The van der Waals surface area contributed by atoms with Gasteiger partial charge in [0.1, 0.15) is 0 Å². The SMILES string of the molecule is Cc1cnc(N2CCCC(C(C)O)C2)nc1. The lowest BCUT2D eigenvalue weighted by atomic mass is 9.94. The fourth-order valence-electron chi connectivity index (χ4n) is 2.13. The Morgan fingerprint density at radius 1 is 1.44 bits per heavy atom. The molecule has 4 heteroatoms. The van der Waals surface area contributed by atoms with Gasteiger partial charge in [0, 0.05) is 31.4 Å². The Morgan fingerprint density at radius 2 is 2.12 bits per heavy atom. The number of aliphatic hydroxyl groups is 1. The zero-order valence-electron chi connectivity index (χ0n) is 9.93. The van der Waals surface area contributed by atoms with Crippen molar-refractivity contribution in [2.45, 2.75) is 32.8 Å². The van der Waals surface area contributed by atoms with E-state index in [9.17, 15) is 5.11 Å². The molecule has 0 aromatic carbocycles. The Kier molecular flexibility index (Phi) is 3.39. The van der Waals surface area contributed by atoms with Crippen LogP contribution in [0.2, 0.25) is 0 Å². The van der Waals surface area contributed by atoms with E-state index in [1.54, 1.807) is 0 Å². The largest absolute Gasteiger partial charge is 0.393 e. The lowest BCUT2D eigenvalue weighted by molar-refractivity contribution is 0.114. The quantitative estimate of drug-likeness (QED) is 0.819. The number of piperidine rings is 1. The second kappa shape index (κ2) is 4.78. The molecule has 1 aliphatic rings. The van der Waals surface area contributed by atoms with Crippen molar-refractivity contribution in [2.24, 2.45) is 5.92 Å². The van der Waals surface area contributed by atoms with Crippen LogP contribution in [0.15, 0.2) is 12.4 Å². The van der Waals surface area contributed by atoms with Gasteiger partial charge in [-0.15, -0.1) is 0 Å². The van der Waals surface area contributed by atoms with Crippen LogP contribution in [0.3, 0.4) is 0 Å². The van der Waals surface area contributed by atoms with Gasteiger partial charge in [0.05, 0.1) is 6.10 Å². The van der Waals surface area contributed by atoms with Crippen molar-refractivity contribution in [2.75, 3.05) is 18.0 Å². The van der Waals surface area contributed by atoms with Crippen molar-refractivity contribution in [1.29, 1.82) is 0 Å². The molecule has 1 aliphatic heterocycles. The minimum Gasteiger partial charge on any atom is -0.393 e. The van der Waals surface area contributed by atoms with Gasteiger partial charge >= 0.3 is 0 Å². The van der Waals surface area contributed by atoms with Crippen LogP contribution in [0.5, 0.6) is 0 Å². The summed E-state index contributed by atoms with van der Waals surface area (Å²) in [5.74, 6) is 1.13. The van der Waals surface area contributed by atoms with E-state index in [0.717, 1.165) is 37.4 Å². The summed E-state index contributed by atoms with van der Waals surface area (Å²) < 4.78 is 0. The first kappa shape index (κ1) is 11.3. The molecule has 0 bridgehead atoms. The highest BCUT2D eigenvalue weighted by Crippen LogP contribution is 2.22. The number of anilines is 1. The van der Waals surface area contributed by atoms with Crippen molar-refractivity contribution < 1.29 is 5.11 Å². The van der Waals surface area contributed by atoms with Crippen molar-refractivity contribution >= 4 is 5.95 Å². The Balaban J connectivity index is 2.06. The van der Waals surface area contributed by atoms with E-state index in [2.05, 4.69) is 14.9 Å². The molecule has 16 heavy (non-hydrogen) atoms. The molecule has 0 spiro atoms. The van der Waals surface area contributed by atoms with E-state index in [-0.39, 0.29) is 6.10 Å². The van der Waals surface area contributed by atoms with Crippen LogP contribution < -0.4 is 4.90 Å². The maximum absolute atomic E-state index is 9.62. The van der Waals surface area contributed by atoms with Gasteiger partial charge < -0.3 is 10.0 Å². The number of hydrogen-bond acceptors (Lipinski definition) is 4. The van der Waals surface area contributed by atoms with Crippen LogP contribution in [0.1, 0.15) is 25.3 Å². The van der Waals surface area contributed by atoms with Gasteiger partial charge in [-0.25, -0.2) is 9.97 Å². The first-order chi connectivity index (χ1) is 7.66. The molecule has 2 unspecified atom stereocenters. The Bertz CT molecular complexity index is 337. The number of nitrogens with zero attached hydrogens (tertiary/aromatic N) is 3. The first-order valence-electron chi connectivity index (χ1n) is 5.88. The molecule has 2 heterocycles. The molecule has 88 valence electrons.